The molecule has 4 rings (SSSR count). The Bertz CT molecular complexity index is 1070. The van der Waals surface area contributed by atoms with Crippen molar-refractivity contribution < 1.29 is 19.5 Å². The largest absolute Gasteiger partial charge is 0.394 e. The maximum absolute atomic E-state index is 14.3. The Hall–Kier alpha value is -2.06. The number of carbonyl (C=O) groups is 3. The molecule has 7 atom stereocenters. The highest BCUT2D eigenvalue weighted by Gasteiger charge is 2.74. The van der Waals surface area contributed by atoms with E-state index in [0.29, 0.717) is 13.0 Å². The molecule has 3 amide bonds. The first kappa shape index (κ1) is 29.9. The average molecular weight is 558 g/mol. The minimum absolute atomic E-state index is 0.00549. The summed E-state index contributed by atoms with van der Waals surface area (Å²) in [5, 5.41) is 16.9. The number of aliphatic hydroxyl groups excluding tert-OH is 1. The molecular weight excluding hydrogens is 510 g/mol. The summed E-state index contributed by atoms with van der Waals surface area (Å²) in [6, 6.07) is 8.57. The fourth-order valence-electron chi connectivity index (χ4n) is 7.54. The molecule has 3 heterocycles. The molecular formula is C31H47N3O4S. The number of benzene rings is 1. The van der Waals surface area contributed by atoms with Crippen LogP contribution in [0.3, 0.4) is 0 Å². The molecule has 2 unspecified atom stereocenters. The van der Waals surface area contributed by atoms with Crippen LogP contribution in [0.4, 0.5) is 0 Å². The van der Waals surface area contributed by atoms with Crippen molar-refractivity contribution in [3.05, 3.63) is 35.9 Å². The van der Waals surface area contributed by atoms with Gasteiger partial charge in [0.1, 0.15) is 6.04 Å². The lowest BCUT2D eigenvalue weighted by Gasteiger charge is -2.41. The first-order valence-corrected chi connectivity index (χ1v) is 15.4. The van der Waals surface area contributed by atoms with Crippen LogP contribution in [0, 0.1) is 23.2 Å². The number of rotatable bonds is 10. The third-order valence-electron chi connectivity index (χ3n) is 8.88. The molecule has 3 aliphatic heterocycles. The molecule has 2 bridgehead atoms. The quantitative estimate of drug-likeness (QED) is 0.402. The van der Waals surface area contributed by atoms with Gasteiger partial charge in [0.2, 0.25) is 17.7 Å². The Morgan fingerprint density at radius 1 is 1.15 bits per heavy atom. The summed E-state index contributed by atoms with van der Waals surface area (Å²) in [6.45, 7) is 14.8. The van der Waals surface area contributed by atoms with E-state index in [4.69, 9.17) is 0 Å². The molecule has 216 valence electrons. The molecule has 39 heavy (non-hydrogen) atoms. The summed E-state index contributed by atoms with van der Waals surface area (Å²) in [7, 11) is 0. The van der Waals surface area contributed by atoms with Gasteiger partial charge in [-0.05, 0) is 50.0 Å². The fourth-order valence-corrected chi connectivity index (χ4v) is 9.74. The highest BCUT2D eigenvalue weighted by Crippen LogP contribution is 2.66. The van der Waals surface area contributed by atoms with Gasteiger partial charge >= 0.3 is 0 Å². The van der Waals surface area contributed by atoms with Gasteiger partial charge in [-0.25, -0.2) is 0 Å². The monoisotopic (exact) mass is 557 g/mol. The predicted octanol–water partition coefficient (Wildman–Crippen LogP) is 4.13. The predicted molar refractivity (Wildman–Crippen MR) is 156 cm³/mol. The van der Waals surface area contributed by atoms with E-state index in [1.807, 2.05) is 58.0 Å². The molecule has 0 aliphatic carbocycles. The summed E-state index contributed by atoms with van der Waals surface area (Å²) in [5.74, 6) is -1.48. The second-order valence-corrected chi connectivity index (χ2v) is 15.4. The number of thioether (sulfide) groups is 1. The minimum Gasteiger partial charge on any atom is -0.394 e. The van der Waals surface area contributed by atoms with Crippen LogP contribution in [0.25, 0.3) is 0 Å². The molecule has 3 saturated heterocycles. The Balaban J connectivity index is 1.67. The van der Waals surface area contributed by atoms with E-state index in [1.54, 1.807) is 16.7 Å². The van der Waals surface area contributed by atoms with Gasteiger partial charge in [0.25, 0.3) is 0 Å². The van der Waals surface area contributed by atoms with Crippen LogP contribution in [0.1, 0.15) is 79.7 Å². The fraction of sp³-hybridized carbons (Fsp3) is 0.710. The van der Waals surface area contributed by atoms with Gasteiger partial charge in [-0.2, -0.15) is 0 Å². The molecule has 0 saturated carbocycles. The highest BCUT2D eigenvalue weighted by molar-refractivity contribution is 8.02. The Morgan fingerprint density at radius 3 is 2.41 bits per heavy atom. The van der Waals surface area contributed by atoms with Crippen molar-refractivity contribution in [3.8, 4) is 0 Å². The zero-order valence-corrected chi connectivity index (χ0v) is 25.4. The Labute approximate surface area is 238 Å². The molecule has 1 spiro atoms. The number of carbonyl (C=O) groups excluding carboxylic acids is 3. The molecule has 3 N–H and O–H groups in total. The number of amides is 3. The molecule has 3 aliphatic rings. The zero-order valence-electron chi connectivity index (χ0n) is 24.6. The van der Waals surface area contributed by atoms with Gasteiger partial charge in [-0.15, -0.1) is 11.8 Å². The maximum Gasteiger partial charge on any atom is 0.244 e. The number of likely N-dealkylation sites (tertiary alicyclic amines) is 1. The van der Waals surface area contributed by atoms with Crippen molar-refractivity contribution in [2.75, 3.05) is 6.61 Å². The lowest BCUT2D eigenvalue weighted by atomic mass is 9.70. The number of nitrogens with one attached hydrogen (secondary N) is 2. The second kappa shape index (κ2) is 11.1. The summed E-state index contributed by atoms with van der Waals surface area (Å²) < 4.78 is -0.667. The molecule has 8 heteroatoms. The molecule has 3 fully saturated rings. The topological polar surface area (TPSA) is 98.7 Å². The molecule has 0 radical (unpaired) electrons. The van der Waals surface area contributed by atoms with E-state index in [0.717, 1.165) is 24.8 Å². The van der Waals surface area contributed by atoms with Crippen LogP contribution in [-0.4, -0.2) is 62.0 Å². The van der Waals surface area contributed by atoms with E-state index in [-0.39, 0.29) is 40.9 Å². The first-order valence-electron chi connectivity index (χ1n) is 14.5. The van der Waals surface area contributed by atoms with Gasteiger partial charge < -0.3 is 20.6 Å². The maximum atomic E-state index is 14.3. The standard InChI is InChI=1S/C31H47N3O4S/c1-8-19(2)21(17-35)34-25(27(37)33-30(6,7)18-29(3,4)5)31-15-14-22(39-31)23(24(31)28(34)38)26(36)32-16-20-12-10-9-11-13-20/h9-13,19,21-25,35H,8,14-18H2,1-7H3,(H,32,36)(H,33,37)/t19-,21-,22+,23-,24-,25?,31?/m0/s1. The van der Waals surface area contributed by atoms with Crippen molar-refractivity contribution in [1.82, 2.24) is 15.5 Å². The number of hydrogen-bond acceptors (Lipinski definition) is 5. The van der Waals surface area contributed by atoms with Crippen LogP contribution in [0.5, 0.6) is 0 Å². The van der Waals surface area contributed by atoms with Crippen molar-refractivity contribution >= 4 is 29.5 Å². The average Bonchev–Trinajstić information content (AvgIpc) is 3.49. The van der Waals surface area contributed by atoms with Crippen molar-refractivity contribution in [2.45, 2.75) is 108 Å². The number of aliphatic hydroxyl groups is 1. The van der Waals surface area contributed by atoms with Gasteiger partial charge in [-0.3, -0.25) is 14.4 Å². The second-order valence-electron chi connectivity index (χ2n) is 13.8. The van der Waals surface area contributed by atoms with Crippen molar-refractivity contribution in [2.24, 2.45) is 23.2 Å². The third-order valence-corrected chi connectivity index (χ3v) is 10.8. The van der Waals surface area contributed by atoms with E-state index in [1.165, 1.54) is 0 Å². The summed E-state index contributed by atoms with van der Waals surface area (Å²) in [5.41, 5.74) is 0.541. The van der Waals surface area contributed by atoms with E-state index < -0.39 is 34.2 Å². The normalized spacial score (nSPS) is 29.7. The summed E-state index contributed by atoms with van der Waals surface area (Å²) >= 11 is 1.67. The summed E-state index contributed by atoms with van der Waals surface area (Å²) in [4.78, 5) is 43.9. The Morgan fingerprint density at radius 2 is 1.82 bits per heavy atom. The Kier molecular flexibility index (Phi) is 8.49. The van der Waals surface area contributed by atoms with Gasteiger partial charge in [0.15, 0.2) is 0 Å². The van der Waals surface area contributed by atoms with Crippen LogP contribution in [-0.2, 0) is 20.9 Å². The lowest BCUT2D eigenvalue weighted by molar-refractivity contribution is -0.144. The van der Waals surface area contributed by atoms with Crippen LogP contribution < -0.4 is 10.6 Å². The molecule has 0 aromatic heterocycles. The van der Waals surface area contributed by atoms with E-state index in [9.17, 15) is 19.5 Å². The number of nitrogens with zero attached hydrogens (tertiary/aromatic N) is 1. The van der Waals surface area contributed by atoms with Gasteiger partial charge in [-0.1, -0.05) is 71.4 Å². The van der Waals surface area contributed by atoms with Gasteiger partial charge in [0.05, 0.1) is 29.2 Å². The van der Waals surface area contributed by atoms with Crippen LogP contribution >= 0.6 is 11.8 Å². The lowest BCUT2D eigenvalue weighted by Crippen LogP contribution is -2.61. The molecule has 1 aromatic rings. The first-order chi connectivity index (χ1) is 18.2. The van der Waals surface area contributed by atoms with E-state index in [2.05, 4.69) is 31.4 Å². The smallest absolute Gasteiger partial charge is 0.244 e. The van der Waals surface area contributed by atoms with Gasteiger partial charge in [0, 0.05) is 17.3 Å². The van der Waals surface area contributed by atoms with E-state index >= 15 is 0 Å². The van der Waals surface area contributed by atoms with Crippen molar-refractivity contribution in [3.63, 3.8) is 0 Å². The summed E-state index contributed by atoms with van der Waals surface area (Å²) in [6.07, 6.45) is 3.06. The zero-order chi connectivity index (χ0) is 28.8. The van der Waals surface area contributed by atoms with Crippen LogP contribution in [0.2, 0.25) is 0 Å². The molecule has 7 nitrogen and oxygen atoms in total. The van der Waals surface area contributed by atoms with Crippen molar-refractivity contribution in [1.29, 1.82) is 0 Å². The molecule has 1 aromatic carbocycles. The number of hydrogen-bond donors (Lipinski definition) is 3. The minimum atomic E-state index is -0.720. The SMILES string of the molecule is CC[C@H](C)[C@H](CO)N1C(=O)[C@@H]2[C@@H](C(=O)NCc3ccccc3)[C@H]3CCC2(S3)C1C(=O)NC(C)(C)CC(C)(C)C. The van der Waals surface area contributed by atoms with Crippen LogP contribution in [0.15, 0.2) is 30.3 Å². The highest BCUT2D eigenvalue weighted by atomic mass is 32.2. The third kappa shape index (κ3) is 5.74. The number of fused-ring (bicyclic) bond motifs is 1.